The summed E-state index contributed by atoms with van der Waals surface area (Å²) in [6.45, 7) is 4.38. The van der Waals surface area contributed by atoms with Crippen LogP contribution >= 0.6 is 0 Å². The van der Waals surface area contributed by atoms with Crippen LogP contribution in [0.4, 0.5) is 5.69 Å². The van der Waals surface area contributed by atoms with E-state index in [4.69, 9.17) is 9.47 Å². The molecule has 3 aromatic carbocycles. The van der Waals surface area contributed by atoms with Crippen molar-refractivity contribution in [2.24, 2.45) is 0 Å². The predicted molar refractivity (Wildman–Crippen MR) is 113 cm³/mol. The molecule has 160 valence electrons. The highest BCUT2D eigenvalue weighted by Crippen LogP contribution is 2.32. The topological polar surface area (TPSA) is 133 Å². The van der Waals surface area contributed by atoms with Gasteiger partial charge in [0.15, 0.2) is 12.4 Å². The van der Waals surface area contributed by atoms with Crippen molar-refractivity contribution in [2.45, 2.75) is 11.8 Å². The van der Waals surface area contributed by atoms with Crippen LogP contribution in [0.1, 0.15) is 11.1 Å². The number of nitrogens with zero attached hydrogens (tertiary/aromatic N) is 1. The van der Waals surface area contributed by atoms with Gasteiger partial charge in [-0.2, -0.15) is 8.42 Å². The van der Waals surface area contributed by atoms with Crippen LogP contribution in [-0.2, 0) is 14.9 Å². The molecule has 0 unspecified atom stereocenters. The van der Waals surface area contributed by atoms with E-state index >= 15 is 0 Å². The van der Waals surface area contributed by atoms with E-state index in [1.54, 1.807) is 24.3 Å². The van der Waals surface area contributed by atoms with Crippen LogP contribution in [0.2, 0.25) is 0 Å². The maximum absolute atomic E-state index is 12.1. The van der Waals surface area contributed by atoms with Crippen LogP contribution in [-0.4, -0.2) is 30.5 Å². The number of carbonyl (C=O) groups excluding carboxylic acids is 1. The normalized spacial score (nSPS) is 11.2. The molecule has 0 saturated carbocycles. The van der Waals surface area contributed by atoms with E-state index < -0.39 is 38.2 Å². The largest absolute Gasteiger partial charge is 0.475 e. The van der Waals surface area contributed by atoms with Gasteiger partial charge < -0.3 is 9.47 Å². The minimum atomic E-state index is -4.66. The Hall–Kier alpha value is -3.76. The number of hydrogen-bond acceptors (Lipinski definition) is 7. The smallest absolute Gasteiger partial charge is 0.349 e. The van der Waals surface area contributed by atoms with Crippen molar-refractivity contribution in [2.75, 3.05) is 6.61 Å². The Morgan fingerprint density at radius 2 is 1.84 bits per heavy atom. The van der Waals surface area contributed by atoms with Gasteiger partial charge in [-0.05, 0) is 53.1 Å². The van der Waals surface area contributed by atoms with Crippen molar-refractivity contribution < 1.29 is 32.2 Å². The van der Waals surface area contributed by atoms with Crippen LogP contribution in [0, 0.1) is 17.0 Å². The van der Waals surface area contributed by atoms with Gasteiger partial charge in [0.2, 0.25) is 0 Å². The summed E-state index contributed by atoms with van der Waals surface area (Å²) < 4.78 is 42.3. The molecule has 0 aliphatic heterocycles. The average molecular weight is 443 g/mol. The predicted octanol–water partition coefficient (Wildman–Crippen LogP) is 3.93. The molecule has 0 bridgehead atoms. The molecule has 0 aliphatic rings. The molecule has 10 heteroatoms. The van der Waals surface area contributed by atoms with Crippen LogP contribution < -0.4 is 9.47 Å². The number of nitro benzene ring substituents is 1. The molecule has 0 atom stereocenters. The van der Waals surface area contributed by atoms with Crippen molar-refractivity contribution in [3.63, 3.8) is 0 Å². The number of rotatable bonds is 7. The Balaban J connectivity index is 1.76. The second-order valence-corrected chi connectivity index (χ2v) is 7.94. The minimum Gasteiger partial charge on any atom is -0.475 e. The summed E-state index contributed by atoms with van der Waals surface area (Å²) in [4.78, 5) is 21.9. The van der Waals surface area contributed by atoms with E-state index in [0.717, 1.165) is 22.4 Å². The fourth-order valence-corrected chi connectivity index (χ4v) is 3.64. The van der Waals surface area contributed by atoms with E-state index in [1.165, 1.54) is 6.92 Å². The second kappa shape index (κ2) is 8.54. The minimum absolute atomic E-state index is 0.0184. The number of carbonyl (C=O) groups is 1. The fourth-order valence-electron chi connectivity index (χ4n) is 2.92. The lowest BCUT2D eigenvalue weighted by Crippen LogP contribution is -2.18. The third kappa shape index (κ3) is 5.05. The first-order chi connectivity index (χ1) is 14.6. The Morgan fingerprint density at radius 3 is 2.48 bits per heavy atom. The first-order valence-electron chi connectivity index (χ1n) is 8.85. The van der Waals surface area contributed by atoms with Gasteiger partial charge in [0.25, 0.3) is 10.1 Å². The van der Waals surface area contributed by atoms with Crippen molar-refractivity contribution in [3.8, 4) is 11.5 Å². The molecular formula is C21H17NO8S. The Kier molecular flexibility index (Phi) is 6.04. The van der Waals surface area contributed by atoms with Crippen molar-refractivity contribution in [1.82, 2.24) is 0 Å². The van der Waals surface area contributed by atoms with E-state index in [1.807, 2.05) is 18.2 Å². The summed E-state index contributed by atoms with van der Waals surface area (Å²) in [6, 6.07) is 12.4. The third-order valence-electron chi connectivity index (χ3n) is 4.38. The van der Waals surface area contributed by atoms with Crippen LogP contribution in [0.25, 0.3) is 16.8 Å². The lowest BCUT2D eigenvalue weighted by atomic mass is 10.1. The summed E-state index contributed by atoms with van der Waals surface area (Å²) >= 11 is 0. The summed E-state index contributed by atoms with van der Waals surface area (Å²) in [5, 5.41) is 13.0. The molecule has 0 heterocycles. The van der Waals surface area contributed by atoms with Gasteiger partial charge >= 0.3 is 11.7 Å². The molecule has 0 aliphatic carbocycles. The van der Waals surface area contributed by atoms with Gasteiger partial charge in [0, 0.05) is 6.07 Å². The van der Waals surface area contributed by atoms with Crippen molar-refractivity contribution in [1.29, 1.82) is 0 Å². The number of ether oxygens (including phenoxy) is 2. The Morgan fingerprint density at radius 1 is 1.16 bits per heavy atom. The zero-order valence-corrected chi connectivity index (χ0v) is 17.1. The molecular weight excluding hydrogens is 426 g/mol. The molecule has 9 nitrogen and oxygen atoms in total. The van der Waals surface area contributed by atoms with Crippen molar-refractivity contribution in [3.05, 3.63) is 76.4 Å². The number of fused-ring (bicyclic) bond motifs is 1. The highest BCUT2D eigenvalue weighted by molar-refractivity contribution is 7.85. The SMILES string of the molecule is C=Cc1ccc2cc(OC(=O)COc3cc(C)c(S(=O)(=O)O)cc3[N+](=O)[O-])ccc2c1. The first-order valence-corrected chi connectivity index (χ1v) is 10.3. The summed E-state index contributed by atoms with van der Waals surface area (Å²) in [5.41, 5.74) is 0.252. The maximum Gasteiger partial charge on any atom is 0.349 e. The summed E-state index contributed by atoms with van der Waals surface area (Å²) in [7, 11) is -4.66. The third-order valence-corrected chi connectivity index (χ3v) is 5.38. The Labute approximate surface area is 177 Å². The van der Waals surface area contributed by atoms with Gasteiger partial charge in [0.1, 0.15) is 10.6 Å². The number of hydrogen-bond donors (Lipinski definition) is 1. The highest BCUT2D eigenvalue weighted by Gasteiger charge is 2.24. The van der Waals surface area contributed by atoms with Gasteiger partial charge in [0.05, 0.1) is 4.92 Å². The molecule has 1 N–H and O–H groups in total. The average Bonchev–Trinajstić information content (AvgIpc) is 2.70. The number of nitro groups is 1. The molecule has 0 fully saturated rings. The zero-order valence-electron chi connectivity index (χ0n) is 16.3. The molecule has 0 radical (unpaired) electrons. The quantitative estimate of drug-likeness (QED) is 0.191. The van der Waals surface area contributed by atoms with Crippen LogP contribution in [0.15, 0.2) is 60.0 Å². The van der Waals surface area contributed by atoms with E-state index in [0.29, 0.717) is 6.07 Å². The first kappa shape index (κ1) is 21.9. The zero-order chi connectivity index (χ0) is 22.8. The molecule has 0 saturated heterocycles. The fraction of sp³-hybridized carbons (Fsp3) is 0.0952. The van der Waals surface area contributed by atoms with E-state index in [2.05, 4.69) is 6.58 Å². The lowest BCUT2D eigenvalue weighted by molar-refractivity contribution is -0.386. The summed E-state index contributed by atoms with van der Waals surface area (Å²) in [6.07, 6.45) is 1.72. The highest BCUT2D eigenvalue weighted by atomic mass is 32.2. The Bertz CT molecular complexity index is 1310. The monoisotopic (exact) mass is 443 g/mol. The van der Waals surface area contributed by atoms with Crippen LogP contribution in [0.5, 0.6) is 11.5 Å². The molecule has 3 aromatic rings. The maximum atomic E-state index is 12.1. The molecule has 0 amide bonds. The van der Waals surface area contributed by atoms with Gasteiger partial charge in [-0.3, -0.25) is 14.7 Å². The van der Waals surface area contributed by atoms with Gasteiger partial charge in [-0.15, -0.1) is 0 Å². The molecule has 31 heavy (non-hydrogen) atoms. The number of esters is 1. The summed E-state index contributed by atoms with van der Waals surface area (Å²) in [5.74, 6) is -0.880. The van der Waals surface area contributed by atoms with E-state index in [-0.39, 0.29) is 17.1 Å². The molecule has 0 spiro atoms. The van der Waals surface area contributed by atoms with Crippen molar-refractivity contribution >= 4 is 38.6 Å². The number of benzene rings is 3. The second-order valence-electron chi connectivity index (χ2n) is 6.55. The standard InChI is InChI=1S/C21H17NO8S/c1-3-14-4-5-16-10-17(7-6-15(16)9-14)30-21(23)12-29-19-8-13(2)20(31(26,27)28)11-18(19)22(24)25/h3-11H,1,12H2,2H3,(H,26,27,28). The van der Waals surface area contributed by atoms with Crippen LogP contribution in [0.3, 0.4) is 0 Å². The molecule has 3 rings (SSSR count). The van der Waals surface area contributed by atoms with Gasteiger partial charge in [-0.1, -0.05) is 30.9 Å². The van der Waals surface area contributed by atoms with E-state index in [9.17, 15) is 27.9 Å². The lowest BCUT2D eigenvalue weighted by Gasteiger charge is -2.10. The number of aryl methyl sites for hydroxylation is 1. The molecule has 0 aromatic heterocycles. The van der Waals surface area contributed by atoms with Gasteiger partial charge in [-0.25, -0.2) is 4.79 Å².